The number of amides is 1. The molecule has 1 amide bonds. The Labute approximate surface area is 192 Å². The predicted octanol–water partition coefficient (Wildman–Crippen LogP) is 4.64. The Hall–Kier alpha value is -3.78. The van der Waals surface area contributed by atoms with Gasteiger partial charge in [-0.25, -0.2) is 0 Å². The second-order valence-electron chi connectivity index (χ2n) is 6.81. The normalized spacial score (nSPS) is 10.5. The largest absolute Gasteiger partial charge is 0.454 e. The molecule has 0 aliphatic heterocycles. The third kappa shape index (κ3) is 5.47. The summed E-state index contributed by atoms with van der Waals surface area (Å²) >= 11 is 3.39. The third-order valence-corrected chi connectivity index (χ3v) is 5.05. The van der Waals surface area contributed by atoms with Gasteiger partial charge in [0.25, 0.3) is 11.8 Å². The van der Waals surface area contributed by atoms with Gasteiger partial charge in [0, 0.05) is 15.6 Å². The maximum absolute atomic E-state index is 12.3. The molecule has 8 heteroatoms. The number of esters is 1. The molecule has 7 nitrogen and oxygen atoms in total. The van der Waals surface area contributed by atoms with Crippen molar-refractivity contribution in [1.29, 1.82) is 0 Å². The van der Waals surface area contributed by atoms with Gasteiger partial charge in [-0.3, -0.25) is 9.59 Å². The fourth-order valence-corrected chi connectivity index (χ4v) is 3.35. The van der Waals surface area contributed by atoms with Gasteiger partial charge < -0.3 is 14.6 Å². The molecule has 1 heterocycles. The molecule has 32 heavy (non-hydrogen) atoms. The number of carbonyl (C=O) groups is 2. The van der Waals surface area contributed by atoms with E-state index in [2.05, 4.69) is 31.4 Å². The number of aromatic nitrogens is 2. The van der Waals surface area contributed by atoms with E-state index in [1.165, 1.54) is 0 Å². The van der Waals surface area contributed by atoms with Crippen LogP contribution in [0.3, 0.4) is 0 Å². The fourth-order valence-electron chi connectivity index (χ4n) is 2.95. The van der Waals surface area contributed by atoms with Crippen molar-refractivity contribution in [1.82, 2.24) is 15.5 Å². The Morgan fingerprint density at radius 2 is 1.62 bits per heavy atom. The minimum Gasteiger partial charge on any atom is -0.454 e. The summed E-state index contributed by atoms with van der Waals surface area (Å²) in [6.07, 6.45) is 0. The van der Waals surface area contributed by atoms with Gasteiger partial charge in [-0.1, -0.05) is 75.7 Å². The van der Waals surface area contributed by atoms with Crippen LogP contribution < -0.4 is 5.32 Å². The first-order valence-electron chi connectivity index (χ1n) is 9.76. The number of nitrogens with zero attached hydrogens (tertiary/aromatic N) is 2. The monoisotopic (exact) mass is 491 g/mol. The van der Waals surface area contributed by atoms with Crippen LogP contribution in [0.5, 0.6) is 0 Å². The van der Waals surface area contributed by atoms with E-state index in [1.54, 1.807) is 12.1 Å². The van der Waals surface area contributed by atoms with Crippen LogP contribution in [0, 0.1) is 0 Å². The summed E-state index contributed by atoms with van der Waals surface area (Å²) in [4.78, 5) is 28.5. The smallest absolute Gasteiger partial charge is 0.325 e. The highest BCUT2D eigenvalue weighted by Gasteiger charge is 2.13. The molecule has 0 bridgehead atoms. The van der Waals surface area contributed by atoms with Crippen molar-refractivity contribution in [2.45, 2.75) is 6.61 Å². The maximum atomic E-state index is 12.3. The van der Waals surface area contributed by atoms with Gasteiger partial charge in [-0.2, -0.15) is 4.98 Å². The number of carbonyl (C=O) groups excluding carboxylic acids is 2. The highest BCUT2D eigenvalue weighted by molar-refractivity contribution is 9.10. The molecular formula is C24H18BrN3O4. The lowest BCUT2D eigenvalue weighted by Gasteiger charge is -2.06. The van der Waals surface area contributed by atoms with E-state index in [1.807, 2.05) is 66.7 Å². The van der Waals surface area contributed by atoms with E-state index >= 15 is 0 Å². The second kappa shape index (κ2) is 10.0. The molecule has 0 atom stereocenters. The third-order valence-electron chi connectivity index (χ3n) is 4.56. The molecule has 3 aromatic carbocycles. The van der Waals surface area contributed by atoms with E-state index in [0.717, 1.165) is 21.2 Å². The quantitative estimate of drug-likeness (QED) is 0.378. The first-order chi connectivity index (χ1) is 15.6. The Bertz CT molecular complexity index is 1220. The molecule has 1 N–H and O–H groups in total. The van der Waals surface area contributed by atoms with Crippen LogP contribution in [-0.4, -0.2) is 28.6 Å². The van der Waals surface area contributed by atoms with Gasteiger partial charge in [0.1, 0.15) is 6.54 Å². The first kappa shape index (κ1) is 21.5. The van der Waals surface area contributed by atoms with Crippen molar-refractivity contribution in [3.8, 4) is 22.5 Å². The molecule has 0 saturated carbocycles. The van der Waals surface area contributed by atoms with Gasteiger partial charge in [0.2, 0.25) is 5.82 Å². The summed E-state index contributed by atoms with van der Waals surface area (Å²) in [7, 11) is 0. The van der Waals surface area contributed by atoms with Gasteiger partial charge in [-0.05, 0) is 35.4 Å². The van der Waals surface area contributed by atoms with Gasteiger partial charge in [-0.15, -0.1) is 0 Å². The number of rotatable bonds is 7. The van der Waals surface area contributed by atoms with Crippen LogP contribution in [0.15, 0.2) is 87.9 Å². The lowest BCUT2D eigenvalue weighted by Crippen LogP contribution is -2.30. The lowest BCUT2D eigenvalue weighted by atomic mass is 10.0. The molecule has 0 aliphatic carbocycles. The van der Waals surface area contributed by atoms with Gasteiger partial charge >= 0.3 is 5.97 Å². The molecule has 0 unspecified atom stereocenters. The number of ether oxygens (including phenoxy) is 1. The van der Waals surface area contributed by atoms with E-state index in [9.17, 15) is 9.59 Å². The minimum atomic E-state index is -0.610. The standard InChI is InChI=1S/C24H18BrN3O4/c25-20-8-4-7-19(13-20)23-27-21(32-28-23)15-31-22(29)14-26-24(30)18-11-9-17(10-12-18)16-5-2-1-3-6-16/h1-13H,14-15H2,(H,26,30). The van der Waals surface area contributed by atoms with Crippen molar-refractivity contribution in [3.63, 3.8) is 0 Å². The lowest BCUT2D eigenvalue weighted by molar-refractivity contribution is -0.144. The van der Waals surface area contributed by atoms with Crippen LogP contribution >= 0.6 is 15.9 Å². The fraction of sp³-hybridized carbons (Fsp3) is 0.0833. The summed E-state index contributed by atoms with van der Waals surface area (Å²) in [5, 5.41) is 6.43. The summed E-state index contributed by atoms with van der Waals surface area (Å²) in [6, 6.07) is 24.4. The summed E-state index contributed by atoms with van der Waals surface area (Å²) in [5.41, 5.74) is 3.29. The van der Waals surface area contributed by atoms with E-state index < -0.39 is 5.97 Å². The van der Waals surface area contributed by atoms with Gasteiger partial charge in [0.15, 0.2) is 6.61 Å². The molecule has 0 fully saturated rings. The summed E-state index contributed by atoms with van der Waals surface area (Å²) in [5.74, 6) is -0.418. The molecular weight excluding hydrogens is 474 g/mol. The van der Waals surface area contributed by atoms with Crippen molar-refractivity contribution >= 4 is 27.8 Å². The van der Waals surface area contributed by atoms with Crippen molar-refractivity contribution in [2.24, 2.45) is 0 Å². The zero-order valence-corrected chi connectivity index (χ0v) is 18.4. The van der Waals surface area contributed by atoms with Crippen LogP contribution in [-0.2, 0) is 16.1 Å². The number of hydrogen-bond donors (Lipinski definition) is 1. The molecule has 4 aromatic rings. The molecule has 0 aliphatic rings. The molecule has 0 spiro atoms. The van der Waals surface area contributed by atoms with Crippen molar-refractivity contribution in [2.75, 3.05) is 6.54 Å². The Morgan fingerprint density at radius 1 is 0.906 bits per heavy atom. The number of halogens is 1. The van der Waals surface area contributed by atoms with Crippen molar-refractivity contribution in [3.05, 3.63) is 94.8 Å². The van der Waals surface area contributed by atoms with Crippen LogP contribution in [0.2, 0.25) is 0 Å². The van der Waals surface area contributed by atoms with E-state index in [4.69, 9.17) is 9.26 Å². The summed E-state index contributed by atoms with van der Waals surface area (Å²) < 4.78 is 11.1. The molecule has 0 saturated heterocycles. The Morgan fingerprint density at radius 3 is 2.38 bits per heavy atom. The second-order valence-corrected chi connectivity index (χ2v) is 7.72. The number of hydrogen-bond acceptors (Lipinski definition) is 6. The summed E-state index contributed by atoms with van der Waals surface area (Å²) in [6.45, 7) is -0.451. The zero-order chi connectivity index (χ0) is 22.3. The molecule has 0 radical (unpaired) electrons. The SMILES string of the molecule is O=C(CNC(=O)c1ccc(-c2ccccc2)cc1)OCc1nc(-c2cccc(Br)c2)no1. The number of benzene rings is 3. The van der Waals surface area contributed by atoms with E-state index in [0.29, 0.717) is 11.4 Å². The average Bonchev–Trinajstić information content (AvgIpc) is 3.31. The molecule has 1 aromatic heterocycles. The van der Waals surface area contributed by atoms with Gasteiger partial charge in [0.05, 0.1) is 0 Å². The average molecular weight is 492 g/mol. The Balaban J connectivity index is 1.26. The minimum absolute atomic E-state index is 0.163. The maximum Gasteiger partial charge on any atom is 0.325 e. The molecule has 160 valence electrons. The zero-order valence-electron chi connectivity index (χ0n) is 16.8. The highest BCUT2D eigenvalue weighted by Crippen LogP contribution is 2.21. The first-order valence-corrected chi connectivity index (χ1v) is 10.6. The number of nitrogens with one attached hydrogen (secondary N) is 1. The predicted molar refractivity (Wildman–Crippen MR) is 121 cm³/mol. The van der Waals surface area contributed by atoms with Crippen molar-refractivity contribution < 1.29 is 18.8 Å². The topological polar surface area (TPSA) is 94.3 Å². The highest BCUT2D eigenvalue weighted by atomic mass is 79.9. The van der Waals surface area contributed by atoms with Crippen LogP contribution in [0.4, 0.5) is 0 Å². The Kier molecular flexibility index (Phi) is 6.72. The molecule has 4 rings (SSSR count). The van der Waals surface area contributed by atoms with E-state index in [-0.39, 0.29) is 24.9 Å². The van der Waals surface area contributed by atoms with Crippen LogP contribution in [0.25, 0.3) is 22.5 Å². The van der Waals surface area contributed by atoms with Crippen LogP contribution in [0.1, 0.15) is 16.2 Å².